The highest BCUT2D eigenvalue weighted by molar-refractivity contribution is 5.86. The van der Waals surface area contributed by atoms with E-state index in [0.717, 1.165) is 51.4 Å². The summed E-state index contributed by atoms with van der Waals surface area (Å²) in [7, 11) is 0. The molecule has 2 amide bonds. The number of hydrogen-bond donors (Lipinski definition) is 6. The Morgan fingerprint density at radius 3 is 1.43 bits per heavy atom. The van der Waals surface area contributed by atoms with Gasteiger partial charge in [-0.2, -0.15) is 0 Å². The summed E-state index contributed by atoms with van der Waals surface area (Å²) < 4.78 is 0. The molecule has 172 valence electrons. The number of hydrogen-bond acceptors (Lipinski definition) is 5. The van der Waals surface area contributed by atoms with Crippen LogP contribution in [0.15, 0.2) is 0 Å². The van der Waals surface area contributed by atoms with E-state index in [-0.39, 0.29) is 23.7 Å². The van der Waals surface area contributed by atoms with Gasteiger partial charge in [-0.3, -0.25) is 0 Å². The summed E-state index contributed by atoms with van der Waals surface area (Å²) >= 11 is 0. The predicted molar refractivity (Wildman–Crippen MR) is 113 cm³/mol. The van der Waals surface area contributed by atoms with E-state index >= 15 is 0 Å². The number of amides is 2. The molecule has 0 saturated heterocycles. The molecule has 0 bridgehead atoms. The number of nitrogens with one attached hydrogen (secondary N) is 2. The van der Waals surface area contributed by atoms with Crippen LogP contribution in [0.4, 0.5) is 4.79 Å². The van der Waals surface area contributed by atoms with Crippen molar-refractivity contribution >= 4 is 18.0 Å². The Bertz CT molecular complexity index is 536. The van der Waals surface area contributed by atoms with Gasteiger partial charge in [0.15, 0.2) is 0 Å². The highest BCUT2D eigenvalue weighted by Crippen LogP contribution is 2.36. The molecule has 0 radical (unpaired) electrons. The monoisotopic (exact) mass is 426 g/mol. The average molecular weight is 427 g/mol. The molecule has 2 rings (SSSR count). The van der Waals surface area contributed by atoms with Crippen LogP contribution in [0.2, 0.25) is 0 Å². The zero-order valence-electron chi connectivity index (χ0n) is 17.7. The van der Waals surface area contributed by atoms with Gasteiger partial charge in [-0.1, -0.05) is 38.5 Å². The summed E-state index contributed by atoms with van der Waals surface area (Å²) in [4.78, 5) is 36.6. The van der Waals surface area contributed by atoms with Gasteiger partial charge in [0.2, 0.25) is 0 Å². The van der Waals surface area contributed by atoms with Crippen LogP contribution in [-0.4, -0.2) is 53.4 Å². The lowest BCUT2D eigenvalue weighted by Gasteiger charge is -2.37. The number of carbonyl (C=O) groups is 3. The van der Waals surface area contributed by atoms with E-state index in [1.54, 1.807) is 0 Å². The Hall–Kier alpha value is -1.87. The molecule has 2 fully saturated rings. The Kier molecular flexibility index (Phi) is 9.84. The fourth-order valence-corrected chi connectivity index (χ4v) is 5.52. The highest BCUT2D eigenvalue weighted by Gasteiger charge is 2.39. The first-order chi connectivity index (χ1) is 14.4. The second-order valence-electron chi connectivity index (χ2n) is 8.82. The minimum atomic E-state index is -1.09. The minimum absolute atomic E-state index is 0.146. The lowest BCUT2D eigenvalue weighted by Crippen LogP contribution is -2.57. The second kappa shape index (κ2) is 12.1. The quantitative estimate of drug-likeness (QED) is 0.307. The molecule has 9 nitrogen and oxygen atoms in total. The van der Waals surface area contributed by atoms with Crippen molar-refractivity contribution in [1.29, 1.82) is 0 Å². The van der Waals surface area contributed by atoms with Crippen molar-refractivity contribution in [2.45, 2.75) is 76.3 Å². The van der Waals surface area contributed by atoms with Crippen LogP contribution in [0, 0.1) is 23.7 Å². The number of urea groups is 1. The number of nitrogens with two attached hydrogens (primary N) is 2. The van der Waals surface area contributed by atoms with E-state index < -0.39 is 30.1 Å². The van der Waals surface area contributed by atoms with Gasteiger partial charge in [0, 0.05) is 0 Å². The van der Waals surface area contributed by atoms with Crippen LogP contribution in [0.3, 0.4) is 0 Å². The molecule has 6 atom stereocenters. The fraction of sp³-hybridized carbons (Fsp3) is 0.857. The normalized spacial score (nSPS) is 28.9. The minimum Gasteiger partial charge on any atom is -0.480 e. The van der Waals surface area contributed by atoms with Crippen molar-refractivity contribution in [2.75, 3.05) is 13.1 Å². The van der Waals surface area contributed by atoms with Crippen LogP contribution in [0.25, 0.3) is 0 Å². The summed E-state index contributed by atoms with van der Waals surface area (Å²) in [6.45, 7) is 0.954. The van der Waals surface area contributed by atoms with Gasteiger partial charge in [-0.25, -0.2) is 14.4 Å². The number of rotatable bonds is 10. The number of carbonyl (C=O) groups excluding carboxylic acids is 1. The van der Waals surface area contributed by atoms with Crippen molar-refractivity contribution in [3.05, 3.63) is 0 Å². The van der Waals surface area contributed by atoms with Gasteiger partial charge >= 0.3 is 18.0 Å². The van der Waals surface area contributed by atoms with Gasteiger partial charge in [0.05, 0.1) is 0 Å². The maximum atomic E-state index is 12.7. The molecule has 0 heterocycles. The van der Waals surface area contributed by atoms with Crippen LogP contribution >= 0.6 is 0 Å². The molecule has 0 spiro atoms. The van der Waals surface area contributed by atoms with Crippen molar-refractivity contribution in [3.63, 3.8) is 0 Å². The molecule has 0 aromatic heterocycles. The largest absolute Gasteiger partial charge is 0.480 e. The maximum Gasteiger partial charge on any atom is 0.326 e. The van der Waals surface area contributed by atoms with Crippen LogP contribution < -0.4 is 22.1 Å². The van der Waals surface area contributed by atoms with Crippen LogP contribution in [-0.2, 0) is 9.59 Å². The number of carboxylic acid groups (broad SMARTS) is 2. The molecule has 2 saturated carbocycles. The van der Waals surface area contributed by atoms with Gasteiger partial charge in [-0.15, -0.1) is 0 Å². The summed E-state index contributed by atoms with van der Waals surface area (Å²) in [5.74, 6) is -2.29. The maximum absolute atomic E-state index is 12.7. The molecule has 0 aliphatic heterocycles. The lowest BCUT2D eigenvalue weighted by atomic mass is 9.73. The third-order valence-corrected chi connectivity index (χ3v) is 6.97. The van der Waals surface area contributed by atoms with Crippen molar-refractivity contribution in [3.8, 4) is 0 Å². The molecule has 8 N–H and O–H groups in total. The molecule has 2 aliphatic carbocycles. The van der Waals surface area contributed by atoms with Crippen molar-refractivity contribution in [2.24, 2.45) is 35.1 Å². The molecule has 0 aromatic rings. The second-order valence-corrected chi connectivity index (χ2v) is 8.82. The molecule has 4 unspecified atom stereocenters. The molecule has 2 aliphatic rings. The van der Waals surface area contributed by atoms with Gasteiger partial charge in [0.25, 0.3) is 0 Å². The fourth-order valence-electron chi connectivity index (χ4n) is 5.52. The third kappa shape index (κ3) is 6.57. The summed E-state index contributed by atoms with van der Waals surface area (Å²) in [5, 5.41) is 24.7. The van der Waals surface area contributed by atoms with Gasteiger partial charge in [0.1, 0.15) is 12.1 Å². The van der Waals surface area contributed by atoms with Crippen molar-refractivity contribution < 1.29 is 24.6 Å². The molecule has 9 heteroatoms. The van der Waals surface area contributed by atoms with E-state index in [0.29, 0.717) is 25.9 Å². The van der Waals surface area contributed by atoms with E-state index in [1.807, 2.05) is 0 Å². The van der Waals surface area contributed by atoms with Crippen molar-refractivity contribution in [1.82, 2.24) is 10.6 Å². The zero-order valence-corrected chi connectivity index (χ0v) is 17.7. The molecular formula is C21H38N4O5. The summed E-state index contributed by atoms with van der Waals surface area (Å²) in [6.07, 6.45) is 8.56. The zero-order chi connectivity index (χ0) is 22.1. The van der Waals surface area contributed by atoms with E-state index in [1.165, 1.54) is 0 Å². The highest BCUT2D eigenvalue weighted by atomic mass is 16.4. The van der Waals surface area contributed by atoms with E-state index in [4.69, 9.17) is 11.5 Å². The third-order valence-electron chi connectivity index (χ3n) is 6.97. The lowest BCUT2D eigenvalue weighted by molar-refractivity contribution is -0.142. The average Bonchev–Trinajstić information content (AvgIpc) is 2.71. The smallest absolute Gasteiger partial charge is 0.326 e. The Balaban J connectivity index is 2.08. The standard InChI is InChI=1S/C21H38N4O5/c22-11-9-13-5-1-3-7-15(13)17(19(26)27)24-21(30)25-18(20(28)29)16-8-4-2-6-14(16)10-12-23/h13-18H,1-12,22-23H2,(H,26,27)(H,28,29)(H2,24,25,30)/t13?,14?,15-,16-,17?,18?/m0/s1. The Morgan fingerprint density at radius 2 is 1.10 bits per heavy atom. The topological polar surface area (TPSA) is 168 Å². The number of aliphatic carboxylic acids is 2. The molecule has 0 aromatic carbocycles. The van der Waals surface area contributed by atoms with Gasteiger partial charge in [-0.05, 0) is 62.4 Å². The SMILES string of the molecule is NCCC1CCCC[C@@H]1C(NC(=O)NC(C(=O)O)[C@H]1CCCCC1CCN)C(=O)O. The first-order valence-electron chi connectivity index (χ1n) is 11.3. The van der Waals surface area contributed by atoms with Gasteiger partial charge < -0.3 is 32.3 Å². The molecular weight excluding hydrogens is 388 g/mol. The number of carboxylic acids is 2. The first-order valence-corrected chi connectivity index (χ1v) is 11.3. The Morgan fingerprint density at radius 1 is 0.733 bits per heavy atom. The summed E-state index contributed by atoms with van der Waals surface area (Å²) in [5.41, 5.74) is 11.4. The predicted octanol–water partition coefficient (Wildman–Crippen LogP) is 1.50. The van der Waals surface area contributed by atoms with E-state index in [2.05, 4.69) is 10.6 Å². The summed E-state index contributed by atoms with van der Waals surface area (Å²) in [6, 6.07) is -2.84. The van der Waals surface area contributed by atoms with E-state index in [9.17, 15) is 24.6 Å². The molecule has 30 heavy (non-hydrogen) atoms. The van der Waals surface area contributed by atoms with Crippen LogP contribution in [0.1, 0.15) is 64.2 Å². The van der Waals surface area contributed by atoms with Crippen LogP contribution in [0.5, 0.6) is 0 Å². The first kappa shape index (κ1) is 24.4. The Labute approximate surface area is 178 Å².